The SMILES string of the molecule is C=CCCCCCCCC=O.CCCCCC=CCCC=O. The van der Waals surface area contributed by atoms with Crippen molar-refractivity contribution in [1.82, 2.24) is 0 Å². The van der Waals surface area contributed by atoms with E-state index in [2.05, 4.69) is 25.7 Å². The minimum absolute atomic E-state index is 0.671. The number of unbranched alkanes of at least 4 members (excludes halogenated alkanes) is 10. The van der Waals surface area contributed by atoms with Crippen LogP contribution >= 0.6 is 0 Å². The first kappa shape index (κ1) is 23.1. The third-order valence-electron chi connectivity index (χ3n) is 3.32. The molecule has 0 saturated carbocycles. The maximum Gasteiger partial charge on any atom is 0.120 e. The molecule has 0 aromatic rings. The second-order valence-corrected chi connectivity index (χ2v) is 5.51. The summed E-state index contributed by atoms with van der Waals surface area (Å²) in [6, 6.07) is 0. The van der Waals surface area contributed by atoms with Crippen LogP contribution in [0.1, 0.15) is 90.4 Å². The molecule has 0 saturated heterocycles. The van der Waals surface area contributed by atoms with Gasteiger partial charge in [0.1, 0.15) is 12.6 Å². The number of aldehydes is 2. The molecule has 0 amide bonds. The van der Waals surface area contributed by atoms with E-state index in [-0.39, 0.29) is 0 Å². The minimum atomic E-state index is 0.671. The van der Waals surface area contributed by atoms with E-state index in [1.54, 1.807) is 0 Å². The molecule has 2 heteroatoms. The summed E-state index contributed by atoms with van der Waals surface area (Å²) in [6.07, 6.45) is 22.8. The molecule has 0 atom stereocenters. The lowest BCUT2D eigenvalue weighted by molar-refractivity contribution is -0.108. The number of rotatable bonds is 15. The summed E-state index contributed by atoms with van der Waals surface area (Å²) in [4.78, 5) is 19.8. The number of allylic oxidation sites excluding steroid dienone is 3. The molecule has 128 valence electrons. The molecule has 0 aromatic heterocycles. The number of carbonyl (C=O) groups excluding carboxylic acids is 2. The van der Waals surface area contributed by atoms with E-state index in [0.717, 1.165) is 38.3 Å². The Morgan fingerprint density at radius 1 is 0.636 bits per heavy atom. The van der Waals surface area contributed by atoms with E-state index >= 15 is 0 Å². The smallest absolute Gasteiger partial charge is 0.120 e. The zero-order chi connectivity index (χ0) is 16.7. The third kappa shape index (κ3) is 27.2. The van der Waals surface area contributed by atoms with Crippen LogP contribution in [0.5, 0.6) is 0 Å². The van der Waals surface area contributed by atoms with Crippen LogP contribution in [-0.2, 0) is 9.59 Å². The lowest BCUT2D eigenvalue weighted by Gasteiger charge is -1.96. The fraction of sp³-hybridized carbons (Fsp3) is 0.700. The molecule has 0 heterocycles. The predicted molar refractivity (Wildman–Crippen MR) is 97.2 cm³/mol. The van der Waals surface area contributed by atoms with Gasteiger partial charge < -0.3 is 9.59 Å². The van der Waals surface area contributed by atoms with Crippen LogP contribution in [-0.4, -0.2) is 12.6 Å². The Bertz CT molecular complexity index is 244. The maximum atomic E-state index is 9.93. The molecule has 0 unspecified atom stereocenters. The molecule has 0 aliphatic heterocycles. The van der Waals surface area contributed by atoms with Gasteiger partial charge in [-0.25, -0.2) is 0 Å². The van der Waals surface area contributed by atoms with Crippen molar-refractivity contribution in [3.63, 3.8) is 0 Å². The summed E-state index contributed by atoms with van der Waals surface area (Å²) < 4.78 is 0. The van der Waals surface area contributed by atoms with Crippen LogP contribution in [0.2, 0.25) is 0 Å². The number of carbonyl (C=O) groups is 2. The van der Waals surface area contributed by atoms with E-state index in [4.69, 9.17) is 0 Å². The van der Waals surface area contributed by atoms with Crippen LogP contribution in [0.4, 0.5) is 0 Å². The molecule has 2 nitrogen and oxygen atoms in total. The zero-order valence-corrected chi connectivity index (χ0v) is 14.6. The Kier molecular flexibility index (Phi) is 26.0. The predicted octanol–water partition coefficient (Wildman–Crippen LogP) is 6.20. The normalized spacial score (nSPS) is 10.0. The molecule has 0 aliphatic rings. The van der Waals surface area contributed by atoms with Crippen molar-refractivity contribution >= 4 is 12.6 Å². The van der Waals surface area contributed by atoms with Gasteiger partial charge in [0.25, 0.3) is 0 Å². The van der Waals surface area contributed by atoms with Crippen molar-refractivity contribution in [3.05, 3.63) is 24.8 Å². The highest BCUT2D eigenvalue weighted by Gasteiger charge is 1.88. The van der Waals surface area contributed by atoms with Gasteiger partial charge in [-0.05, 0) is 38.5 Å². The van der Waals surface area contributed by atoms with E-state index in [1.165, 1.54) is 51.4 Å². The van der Waals surface area contributed by atoms with Crippen LogP contribution < -0.4 is 0 Å². The third-order valence-corrected chi connectivity index (χ3v) is 3.32. The second kappa shape index (κ2) is 24.8. The Labute approximate surface area is 138 Å². The van der Waals surface area contributed by atoms with Gasteiger partial charge in [-0.15, -0.1) is 6.58 Å². The lowest BCUT2D eigenvalue weighted by atomic mass is 10.1. The molecular formula is C20H36O2. The van der Waals surface area contributed by atoms with E-state index in [0.29, 0.717) is 6.42 Å². The molecule has 0 aromatic carbocycles. The quantitative estimate of drug-likeness (QED) is 0.205. The summed E-state index contributed by atoms with van der Waals surface area (Å²) >= 11 is 0. The van der Waals surface area contributed by atoms with Gasteiger partial charge in [0.2, 0.25) is 0 Å². The van der Waals surface area contributed by atoms with Gasteiger partial charge in [-0.3, -0.25) is 0 Å². The molecule has 0 spiro atoms. The first-order chi connectivity index (χ1) is 10.8. The van der Waals surface area contributed by atoms with E-state index in [9.17, 15) is 9.59 Å². The monoisotopic (exact) mass is 308 g/mol. The van der Waals surface area contributed by atoms with Gasteiger partial charge in [-0.2, -0.15) is 0 Å². The van der Waals surface area contributed by atoms with Crippen molar-refractivity contribution in [1.29, 1.82) is 0 Å². The fourth-order valence-electron chi connectivity index (χ4n) is 1.96. The molecule has 0 aliphatic carbocycles. The first-order valence-electron chi connectivity index (χ1n) is 8.96. The zero-order valence-electron chi connectivity index (χ0n) is 14.6. The molecular weight excluding hydrogens is 272 g/mol. The fourth-order valence-corrected chi connectivity index (χ4v) is 1.96. The number of hydrogen-bond donors (Lipinski definition) is 0. The van der Waals surface area contributed by atoms with Gasteiger partial charge >= 0.3 is 0 Å². The van der Waals surface area contributed by atoms with Crippen molar-refractivity contribution < 1.29 is 9.59 Å². The van der Waals surface area contributed by atoms with Crippen LogP contribution in [0.3, 0.4) is 0 Å². The van der Waals surface area contributed by atoms with Crippen molar-refractivity contribution in [3.8, 4) is 0 Å². The van der Waals surface area contributed by atoms with Gasteiger partial charge in [0.05, 0.1) is 0 Å². The highest BCUT2D eigenvalue weighted by molar-refractivity contribution is 5.49. The Balaban J connectivity index is 0. The minimum Gasteiger partial charge on any atom is -0.303 e. The van der Waals surface area contributed by atoms with Gasteiger partial charge in [0, 0.05) is 12.8 Å². The van der Waals surface area contributed by atoms with Gasteiger partial charge in [0.15, 0.2) is 0 Å². The van der Waals surface area contributed by atoms with Crippen molar-refractivity contribution in [2.75, 3.05) is 0 Å². The van der Waals surface area contributed by atoms with Crippen molar-refractivity contribution in [2.45, 2.75) is 90.4 Å². The Morgan fingerprint density at radius 2 is 1.18 bits per heavy atom. The molecule has 0 radical (unpaired) electrons. The van der Waals surface area contributed by atoms with Crippen LogP contribution in [0.25, 0.3) is 0 Å². The van der Waals surface area contributed by atoms with Crippen LogP contribution in [0.15, 0.2) is 24.8 Å². The number of hydrogen-bond acceptors (Lipinski definition) is 2. The molecule has 22 heavy (non-hydrogen) atoms. The summed E-state index contributed by atoms with van der Waals surface area (Å²) in [6.45, 7) is 5.87. The average molecular weight is 309 g/mol. The Morgan fingerprint density at radius 3 is 1.77 bits per heavy atom. The standard InChI is InChI=1S/2C10H18O/c2*1-2-3-4-5-6-7-8-9-10-11/h6-7,10H,2-5,8-9H2,1H3;2,10H,1,3-9H2. The van der Waals surface area contributed by atoms with Crippen LogP contribution in [0, 0.1) is 0 Å². The largest absolute Gasteiger partial charge is 0.303 e. The molecule has 0 rings (SSSR count). The van der Waals surface area contributed by atoms with Gasteiger partial charge in [-0.1, -0.05) is 57.3 Å². The molecule has 0 bridgehead atoms. The second-order valence-electron chi connectivity index (χ2n) is 5.51. The lowest BCUT2D eigenvalue weighted by Crippen LogP contribution is -1.79. The average Bonchev–Trinajstić information content (AvgIpc) is 2.54. The van der Waals surface area contributed by atoms with E-state index in [1.807, 2.05) is 6.08 Å². The van der Waals surface area contributed by atoms with E-state index < -0.39 is 0 Å². The molecule has 0 N–H and O–H groups in total. The molecule has 0 fully saturated rings. The summed E-state index contributed by atoms with van der Waals surface area (Å²) in [5, 5.41) is 0. The summed E-state index contributed by atoms with van der Waals surface area (Å²) in [5.41, 5.74) is 0. The summed E-state index contributed by atoms with van der Waals surface area (Å²) in [7, 11) is 0. The highest BCUT2D eigenvalue weighted by atomic mass is 16.1. The highest BCUT2D eigenvalue weighted by Crippen LogP contribution is 2.06. The Hall–Kier alpha value is -1.18. The van der Waals surface area contributed by atoms with Crippen molar-refractivity contribution in [2.24, 2.45) is 0 Å². The summed E-state index contributed by atoms with van der Waals surface area (Å²) in [5.74, 6) is 0. The maximum absolute atomic E-state index is 9.93. The topological polar surface area (TPSA) is 34.1 Å². The first-order valence-corrected chi connectivity index (χ1v) is 8.96.